The lowest BCUT2D eigenvalue weighted by Gasteiger charge is -2.25. The highest BCUT2D eigenvalue weighted by molar-refractivity contribution is 4.68. The lowest BCUT2D eigenvalue weighted by Crippen LogP contribution is -2.17. The molecule has 0 aromatic heterocycles. The molecule has 0 bridgehead atoms. The smallest absolute Gasteiger partial charge is 0.00493 e. The van der Waals surface area contributed by atoms with E-state index in [2.05, 4.69) is 33.0 Å². The van der Waals surface area contributed by atoms with E-state index in [0.717, 1.165) is 12.5 Å². The van der Waals surface area contributed by atoms with Gasteiger partial charge in [-0.15, -0.1) is 0 Å². The van der Waals surface area contributed by atoms with Crippen LogP contribution in [0.2, 0.25) is 0 Å². The molecular weight excluding hydrogens is 146 g/mol. The van der Waals surface area contributed by atoms with Crippen molar-refractivity contribution in [2.75, 3.05) is 13.6 Å². The largest absolute Gasteiger partial charge is 0.320 e. The average Bonchev–Trinajstić information content (AvgIpc) is 1.95. The quantitative estimate of drug-likeness (QED) is 0.670. The molecule has 0 rings (SSSR count). The molecule has 0 saturated carbocycles. The minimum absolute atomic E-state index is 0.494. The maximum absolute atomic E-state index is 3.22. The third-order valence-corrected chi connectivity index (χ3v) is 2.28. The second-order valence-electron chi connectivity index (χ2n) is 4.93. The van der Waals surface area contributed by atoms with Crippen molar-refractivity contribution >= 4 is 0 Å². The van der Waals surface area contributed by atoms with E-state index in [1.54, 1.807) is 0 Å². The Bertz CT molecular complexity index is 102. The van der Waals surface area contributed by atoms with Crippen LogP contribution in [0.3, 0.4) is 0 Å². The maximum atomic E-state index is 3.22. The zero-order chi connectivity index (χ0) is 9.61. The molecule has 12 heavy (non-hydrogen) atoms. The highest BCUT2D eigenvalue weighted by Gasteiger charge is 2.16. The van der Waals surface area contributed by atoms with E-state index in [1.165, 1.54) is 19.3 Å². The summed E-state index contributed by atoms with van der Waals surface area (Å²) in [5.41, 5.74) is 0.494. The van der Waals surface area contributed by atoms with Gasteiger partial charge in [-0.1, -0.05) is 34.1 Å². The van der Waals surface area contributed by atoms with Crippen molar-refractivity contribution in [1.82, 2.24) is 5.32 Å². The lowest BCUT2D eigenvalue weighted by molar-refractivity contribution is 0.275. The van der Waals surface area contributed by atoms with Gasteiger partial charge in [0.1, 0.15) is 0 Å². The van der Waals surface area contributed by atoms with Crippen molar-refractivity contribution in [2.24, 2.45) is 11.3 Å². The second kappa shape index (κ2) is 5.58. The first-order chi connectivity index (χ1) is 5.49. The first-order valence-corrected chi connectivity index (χ1v) is 5.14. The molecule has 1 N–H and O–H groups in total. The summed E-state index contributed by atoms with van der Waals surface area (Å²) in [6.45, 7) is 10.4. The zero-order valence-electron chi connectivity index (χ0n) is 9.41. The molecule has 0 fully saturated rings. The summed E-state index contributed by atoms with van der Waals surface area (Å²) in [4.78, 5) is 0. The number of hydrogen-bond donors (Lipinski definition) is 1. The first kappa shape index (κ1) is 12.0. The van der Waals surface area contributed by atoms with Crippen molar-refractivity contribution in [3.63, 3.8) is 0 Å². The highest BCUT2D eigenvalue weighted by atomic mass is 14.8. The van der Waals surface area contributed by atoms with Gasteiger partial charge in [-0.2, -0.15) is 0 Å². The van der Waals surface area contributed by atoms with Crippen LogP contribution in [-0.2, 0) is 0 Å². The van der Waals surface area contributed by atoms with Crippen molar-refractivity contribution in [1.29, 1.82) is 0 Å². The monoisotopic (exact) mass is 171 g/mol. The Kier molecular flexibility index (Phi) is 5.56. The predicted octanol–water partition coefficient (Wildman–Crippen LogP) is 3.06. The molecule has 1 nitrogen and oxygen atoms in total. The summed E-state index contributed by atoms with van der Waals surface area (Å²) in [6.07, 6.45) is 3.99. The van der Waals surface area contributed by atoms with Crippen LogP contribution in [0.5, 0.6) is 0 Å². The minimum atomic E-state index is 0.494. The van der Waals surface area contributed by atoms with E-state index in [-0.39, 0.29) is 0 Å². The van der Waals surface area contributed by atoms with Gasteiger partial charge in [-0.05, 0) is 37.8 Å². The molecule has 74 valence electrons. The van der Waals surface area contributed by atoms with Crippen LogP contribution in [-0.4, -0.2) is 13.6 Å². The fraction of sp³-hybridized carbons (Fsp3) is 1.00. The van der Waals surface area contributed by atoms with Gasteiger partial charge in [0.05, 0.1) is 0 Å². The zero-order valence-corrected chi connectivity index (χ0v) is 9.41. The fourth-order valence-corrected chi connectivity index (χ4v) is 1.67. The molecule has 0 amide bonds. The van der Waals surface area contributed by atoms with Crippen LogP contribution < -0.4 is 5.32 Å². The van der Waals surface area contributed by atoms with E-state index in [1.807, 2.05) is 7.05 Å². The van der Waals surface area contributed by atoms with Crippen LogP contribution in [0.15, 0.2) is 0 Å². The minimum Gasteiger partial charge on any atom is -0.320 e. The van der Waals surface area contributed by atoms with Crippen molar-refractivity contribution in [3.05, 3.63) is 0 Å². The molecular formula is C11H25N. The van der Waals surface area contributed by atoms with Crippen LogP contribution in [0.1, 0.15) is 47.0 Å². The van der Waals surface area contributed by atoms with Crippen molar-refractivity contribution in [3.8, 4) is 0 Å². The Labute approximate surface area is 77.9 Å². The Hall–Kier alpha value is -0.0400. The van der Waals surface area contributed by atoms with Gasteiger partial charge >= 0.3 is 0 Å². The second-order valence-corrected chi connectivity index (χ2v) is 4.93. The topological polar surface area (TPSA) is 12.0 Å². The van der Waals surface area contributed by atoms with E-state index >= 15 is 0 Å². The van der Waals surface area contributed by atoms with Gasteiger partial charge in [0.15, 0.2) is 0 Å². The molecule has 1 heteroatoms. The molecule has 0 aliphatic rings. The van der Waals surface area contributed by atoms with Crippen LogP contribution in [0.4, 0.5) is 0 Å². The number of rotatable bonds is 5. The van der Waals surface area contributed by atoms with Gasteiger partial charge in [-0.25, -0.2) is 0 Å². The Morgan fingerprint density at radius 1 is 1.25 bits per heavy atom. The molecule has 0 saturated heterocycles. The number of hydrogen-bond acceptors (Lipinski definition) is 1. The van der Waals surface area contributed by atoms with E-state index in [0.29, 0.717) is 5.41 Å². The average molecular weight is 171 g/mol. The Morgan fingerprint density at radius 3 is 2.17 bits per heavy atom. The predicted molar refractivity (Wildman–Crippen MR) is 56.4 cm³/mol. The molecule has 0 heterocycles. The molecule has 1 atom stereocenters. The normalized spacial score (nSPS) is 14.8. The summed E-state index contributed by atoms with van der Waals surface area (Å²) in [5.74, 6) is 0.900. The first-order valence-electron chi connectivity index (χ1n) is 5.14. The molecule has 0 spiro atoms. The van der Waals surface area contributed by atoms with Gasteiger partial charge in [0, 0.05) is 0 Å². The van der Waals surface area contributed by atoms with Crippen LogP contribution in [0.25, 0.3) is 0 Å². The summed E-state index contributed by atoms with van der Waals surface area (Å²) in [7, 11) is 2.03. The molecule has 0 aromatic rings. The Balaban J connectivity index is 3.67. The summed E-state index contributed by atoms with van der Waals surface area (Å²) < 4.78 is 0. The van der Waals surface area contributed by atoms with Crippen LogP contribution >= 0.6 is 0 Å². The Morgan fingerprint density at radius 2 is 1.83 bits per heavy atom. The summed E-state index contributed by atoms with van der Waals surface area (Å²) >= 11 is 0. The third-order valence-electron chi connectivity index (χ3n) is 2.28. The molecule has 0 aliphatic carbocycles. The molecule has 0 aromatic carbocycles. The van der Waals surface area contributed by atoms with Crippen LogP contribution in [0, 0.1) is 11.3 Å². The van der Waals surface area contributed by atoms with Gasteiger partial charge in [-0.3, -0.25) is 0 Å². The standard InChI is InChI=1S/C11H25N/c1-6-10(7-8-12-5)9-11(2,3)4/h10,12H,6-9H2,1-5H3. The van der Waals surface area contributed by atoms with Crippen molar-refractivity contribution < 1.29 is 0 Å². The van der Waals surface area contributed by atoms with Crippen molar-refractivity contribution in [2.45, 2.75) is 47.0 Å². The number of nitrogens with one attached hydrogen (secondary N) is 1. The van der Waals surface area contributed by atoms with E-state index in [4.69, 9.17) is 0 Å². The maximum Gasteiger partial charge on any atom is -0.00493 e. The summed E-state index contributed by atoms with van der Waals surface area (Å²) in [5, 5.41) is 3.22. The third kappa shape index (κ3) is 6.66. The molecule has 0 radical (unpaired) electrons. The van der Waals surface area contributed by atoms with Gasteiger partial charge < -0.3 is 5.32 Å². The lowest BCUT2D eigenvalue weighted by atomic mass is 9.82. The molecule has 0 aliphatic heterocycles. The fourth-order valence-electron chi connectivity index (χ4n) is 1.67. The van der Waals surface area contributed by atoms with Gasteiger partial charge in [0.2, 0.25) is 0 Å². The molecule has 1 unspecified atom stereocenters. The SMILES string of the molecule is CCC(CCNC)CC(C)(C)C. The van der Waals surface area contributed by atoms with Gasteiger partial charge in [0.25, 0.3) is 0 Å². The van der Waals surface area contributed by atoms with E-state index < -0.39 is 0 Å². The van der Waals surface area contributed by atoms with E-state index in [9.17, 15) is 0 Å². The highest BCUT2D eigenvalue weighted by Crippen LogP contribution is 2.27. The summed E-state index contributed by atoms with van der Waals surface area (Å²) in [6, 6.07) is 0.